The zero-order valence-electron chi connectivity index (χ0n) is 13.3. The molecule has 1 aliphatic heterocycles. The SMILES string of the molecule is COC(=O)C[C@H]1C(=O)NCCN1Cc1ccc(F)c2cccnc12. The van der Waals surface area contributed by atoms with E-state index in [1.807, 2.05) is 4.90 Å². The number of carbonyl (C=O) groups is 2. The Morgan fingerprint density at radius 3 is 3.08 bits per heavy atom. The number of halogens is 1. The molecule has 1 aliphatic rings. The maximum absolute atomic E-state index is 13.9. The highest BCUT2D eigenvalue weighted by Gasteiger charge is 2.32. The standard InChI is InChI=1S/C17H18FN3O3/c1-24-15(22)9-14-17(23)20-7-8-21(14)10-11-4-5-13(18)12-3-2-6-19-16(11)12/h2-6,14H,7-10H2,1H3,(H,20,23)/t14-/m0/s1. The molecule has 0 bridgehead atoms. The number of ether oxygens (including phenoxy) is 1. The van der Waals surface area contributed by atoms with Gasteiger partial charge in [-0.3, -0.25) is 19.5 Å². The van der Waals surface area contributed by atoms with Gasteiger partial charge in [0.25, 0.3) is 0 Å². The molecule has 0 saturated carbocycles. The smallest absolute Gasteiger partial charge is 0.307 e. The number of pyridine rings is 1. The summed E-state index contributed by atoms with van der Waals surface area (Å²) in [6.45, 7) is 1.51. The van der Waals surface area contributed by atoms with Gasteiger partial charge < -0.3 is 10.1 Å². The van der Waals surface area contributed by atoms with E-state index < -0.39 is 12.0 Å². The molecule has 1 amide bonds. The summed E-state index contributed by atoms with van der Waals surface area (Å²) in [7, 11) is 1.30. The van der Waals surface area contributed by atoms with Crippen molar-refractivity contribution in [3.8, 4) is 0 Å². The van der Waals surface area contributed by atoms with Crippen LogP contribution in [0.5, 0.6) is 0 Å². The molecule has 3 rings (SSSR count). The number of rotatable bonds is 4. The van der Waals surface area contributed by atoms with Crippen molar-refractivity contribution in [3.05, 3.63) is 41.8 Å². The number of methoxy groups -OCH3 is 1. The van der Waals surface area contributed by atoms with Gasteiger partial charge in [0, 0.05) is 31.2 Å². The van der Waals surface area contributed by atoms with Crippen molar-refractivity contribution in [2.24, 2.45) is 0 Å². The quantitative estimate of drug-likeness (QED) is 0.854. The van der Waals surface area contributed by atoms with Gasteiger partial charge in [-0.05, 0) is 23.8 Å². The Balaban J connectivity index is 1.89. The summed E-state index contributed by atoms with van der Waals surface area (Å²) in [4.78, 5) is 29.9. The normalized spacial score (nSPS) is 18.4. The minimum absolute atomic E-state index is 0.0190. The van der Waals surface area contributed by atoms with E-state index in [-0.39, 0.29) is 18.1 Å². The van der Waals surface area contributed by atoms with E-state index in [2.05, 4.69) is 15.0 Å². The maximum atomic E-state index is 13.9. The number of amides is 1. The molecule has 2 aromatic rings. The molecule has 6 nitrogen and oxygen atoms in total. The second-order valence-corrected chi connectivity index (χ2v) is 5.66. The van der Waals surface area contributed by atoms with E-state index in [1.54, 1.807) is 24.4 Å². The number of nitrogens with one attached hydrogen (secondary N) is 1. The number of hydrogen-bond acceptors (Lipinski definition) is 5. The van der Waals surface area contributed by atoms with Crippen LogP contribution in [0.15, 0.2) is 30.5 Å². The number of esters is 1. The van der Waals surface area contributed by atoms with Crippen molar-refractivity contribution >= 4 is 22.8 Å². The van der Waals surface area contributed by atoms with Crippen LogP contribution in [0.3, 0.4) is 0 Å². The summed E-state index contributed by atoms with van der Waals surface area (Å²) in [6, 6.07) is 5.83. The average Bonchev–Trinajstić information content (AvgIpc) is 2.60. The van der Waals surface area contributed by atoms with Gasteiger partial charge in [-0.2, -0.15) is 0 Å². The topological polar surface area (TPSA) is 71.5 Å². The van der Waals surface area contributed by atoms with Gasteiger partial charge in [-0.15, -0.1) is 0 Å². The highest BCUT2D eigenvalue weighted by molar-refractivity contribution is 5.87. The molecule has 1 N–H and O–H groups in total. The van der Waals surface area contributed by atoms with Gasteiger partial charge >= 0.3 is 5.97 Å². The Kier molecular flexibility index (Phi) is 4.71. The van der Waals surface area contributed by atoms with E-state index in [1.165, 1.54) is 13.2 Å². The van der Waals surface area contributed by atoms with Gasteiger partial charge in [-0.25, -0.2) is 4.39 Å². The number of hydrogen-bond donors (Lipinski definition) is 1. The molecule has 0 spiro atoms. The number of nitrogens with zero attached hydrogens (tertiary/aromatic N) is 2. The van der Waals surface area contributed by atoms with Crippen LogP contribution in [0.2, 0.25) is 0 Å². The van der Waals surface area contributed by atoms with Crippen LogP contribution < -0.4 is 5.32 Å². The highest BCUT2D eigenvalue weighted by atomic mass is 19.1. The molecular formula is C17H18FN3O3. The van der Waals surface area contributed by atoms with E-state index in [0.29, 0.717) is 30.5 Å². The van der Waals surface area contributed by atoms with Crippen LogP contribution in [0.1, 0.15) is 12.0 Å². The van der Waals surface area contributed by atoms with Crippen LogP contribution in [0.4, 0.5) is 4.39 Å². The third-order valence-corrected chi connectivity index (χ3v) is 4.20. The predicted octanol–water partition coefficient (Wildman–Crippen LogP) is 1.24. The number of piperazine rings is 1. The van der Waals surface area contributed by atoms with Crippen molar-refractivity contribution in [2.45, 2.75) is 19.0 Å². The minimum atomic E-state index is -0.602. The Hall–Kier alpha value is -2.54. The molecule has 0 radical (unpaired) electrons. The summed E-state index contributed by atoms with van der Waals surface area (Å²) in [6.07, 6.45) is 1.59. The summed E-state index contributed by atoms with van der Waals surface area (Å²) in [5.74, 6) is -0.973. The molecule has 2 heterocycles. The van der Waals surface area contributed by atoms with Crippen molar-refractivity contribution < 1.29 is 18.7 Å². The van der Waals surface area contributed by atoms with Gasteiger partial charge in [0.1, 0.15) is 11.9 Å². The summed E-state index contributed by atoms with van der Waals surface area (Å²) >= 11 is 0. The second kappa shape index (κ2) is 6.92. The first-order chi connectivity index (χ1) is 11.6. The van der Waals surface area contributed by atoms with Gasteiger partial charge in [0.05, 0.1) is 19.0 Å². The zero-order valence-corrected chi connectivity index (χ0v) is 13.3. The molecule has 0 unspecified atom stereocenters. The maximum Gasteiger partial charge on any atom is 0.307 e. The van der Waals surface area contributed by atoms with Crippen molar-refractivity contribution in [1.29, 1.82) is 0 Å². The average molecular weight is 331 g/mol. The molecule has 1 aromatic heterocycles. The van der Waals surface area contributed by atoms with E-state index in [0.717, 1.165) is 5.56 Å². The van der Waals surface area contributed by atoms with Crippen LogP contribution in [-0.2, 0) is 20.9 Å². The Labute approximate surface area is 138 Å². The fraction of sp³-hybridized carbons (Fsp3) is 0.353. The van der Waals surface area contributed by atoms with E-state index >= 15 is 0 Å². The largest absolute Gasteiger partial charge is 0.469 e. The van der Waals surface area contributed by atoms with Crippen LogP contribution in [0, 0.1) is 5.82 Å². The van der Waals surface area contributed by atoms with Gasteiger partial charge in [-0.1, -0.05) is 6.07 Å². The molecule has 1 saturated heterocycles. The molecule has 0 aliphatic carbocycles. The highest BCUT2D eigenvalue weighted by Crippen LogP contribution is 2.23. The van der Waals surface area contributed by atoms with Crippen LogP contribution in [0.25, 0.3) is 10.9 Å². The van der Waals surface area contributed by atoms with Crippen LogP contribution >= 0.6 is 0 Å². The monoisotopic (exact) mass is 331 g/mol. The Morgan fingerprint density at radius 2 is 2.29 bits per heavy atom. The molecular weight excluding hydrogens is 313 g/mol. The molecule has 24 heavy (non-hydrogen) atoms. The molecule has 1 fully saturated rings. The first-order valence-electron chi connectivity index (χ1n) is 7.71. The fourth-order valence-corrected chi connectivity index (χ4v) is 2.96. The second-order valence-electron chi connectivity index (χ2n) is 5.66. The lowest BCUT2D eigenvalue weighted by atomic mass is 10.0. The minimum Gasteiger partial charge on any atom is -0.469 e. The number of benzene rings is 1. The van der Waals surface area contributed by atoms with Crippen molar-refractivity contribution in [1.82, 2.24) is 15.2 Å². The third kappa shape index (κ3) is 3.21. The number of aromatic nitrogens is 1. The Morgan fingerprint density at radius 1 is 1.46 bits per heavy atom. The van der Waals surface area contributed by atoms with E-state index in [9.17, 15) is 14.0 Å². The number of carbonyl (C=O) groups excluding carboxylic acids is 2. The predicted molar refractivity (Wildman–Crippen MR) is 85.5 cm³/mol. The summed E-state index contributed by atoms with van der Waals surface area (Å²) in [5.41, 5.74) is 1.39. The summed E-state index contributed by atoms with van der Waals surface area (Å²) in [5, 5.41) is 3.20. The Bertz CT molecular complexity index is 781. The molecule has 1 atom stereocenters. The lowest BCUT2D eigenvalue weighted by Gasteiger charge is -2.34. The van der Waals surface area contributed by atoms with Crippen molar-refractivity contribution in [3.63, 3.8) is 0 Å². The van der Waals surface area contributed by atoms with E-state index in [4.69, 9.17) is 0 Å². The molecule has 7 heteroatoms. The third-order valence-electron chi connectivity index (χ3n) is 4.20. The lowest BCUT2D eigenvalue weighted by Crippen LogP contribution is -2.55. The molecule has 1 aromatic carbocycles. The lowest BCUT2D eigenvalue weighted by molar-refractivity contribution is -0.146. The molecule has 126 valence electrons. The first kappa shape index (κ1) is 16.3. The first-order valence-corrected chi connectivity index (χ1v) is 7.71. The van der Waals surface area contributed by atoms with Gasteiger partial charge in [0.15, 0.2) is 0 Å². The zero-order chi connectivity index (χ0) is 17.1. The number of fused-ring (bicyclic) bond motifs is 1. The van der Waals surface area contributed by atoms with Gasteiger partial charge in [0.2, 0.25) is 5.91 Å². The van der Waals surface area contributed by atoms with Crippen molar-refractivity contribution in [2.75, 3.05) is 20.2 Å². The fourth-order valence-electron chi connectivity index (χ4n) is 2.96. The summed E-state index contributed by atoms with van der Waals surface area (Å²) < 4.78 is 18.6. The van der Waals surface area contributed by atoms with Crippen LogP contribution in [-0.4, -0.2) is 48.0 Å².